The molecule has 1 aromatic carbocycles. The summed E-state index contributed by atoms with van der Waals surface area (Å²) in [6.45, 7) is 7.09. The fourth-order valence-corrected chi connectivity index (χ4v) is 2.44. The normalized spacial score (nSPS) is 10.7. The van der Waals surface area contributed by atoms with E-state index < -0.39 is 0 Å². The molecule has 1 rings (SSSR count). The summed E-state index contributed by atoms with van der Waals surface area (Å²) in [5.74, 6) is -0.0281. The van der Waals surface area contributed by atoms with Crippen LogP contribution in [0.15, 0.2) is 18.2 Å². The number of nitrogens with zero attached hydrogens (tertiary/aromatic N) is 2. The number of amides is 2. The molecule has 0 aliphatic heterocycles. The Morgan fingerprint density at radius 3 is 2.44 bits per heavy atom. The van der Waals surface area contributed by atoms with Crippen LogP contribution in [0.2, 0.25) is 0 Å². The van der Waals surface area contributed by atoms with Crippen LogP contribution in [-0.2, 0) is 20.9 Å². The monoisotopic (exact) mass is 349 g/mol. The van der Waals surface area contributed by atoms with Crippen molar-refractivity contribution in [1.29, 1.82) is 0 Å². The Morgan fingerprint density at radius 2 is 1.92 bits per heavy atom. The summed E-state index contributed by atoms with van der Waals surface area (Å²) in [5.41, 5.74) is 2.76. The average Bonchev–Trinajstić information content (AvgIpc) is 2.57. The zero-order valence-electron chi connectivity index (χ0n) is 16.3. The molecule has 6 nitrogen and oxygen atoms in total. The number of carbonyl (C=O) groups excluding carboxylic acids is 2. The molecule has 140 valence electrons. The Labute approximate surface area is 151 Å². The van der Waals surface area contributed by atoms with E-state index in [1.54, 1.807) is 12.0 Å². The van der Waals surface area contributed by atoms with Crippen LogP contribution in [0.3, 0.4) is 0 Å². The van der Waals surface area contributed by atoms with Gasteiger partial charge in [-0.25, -0.2) is 0 Å². The third-order valence-electron chi connectivity index (χ3n) is 3.93. The molecule has 1 N–H and O–H groups in total. The first-order valence-electron chi connectivity index (χ1n) is 8.67. The van der Waals surface area contributed by atoms with Crippen LogP contribution >= 0.6 is 0 Å². The average molecular weight is 349 g/mol. The summed E-state index contributed by atoms with van der Waals surface area (Å²) in [5, 5.41) is 2.92. The molecule has 0 heterocycles. The van der Waals surface area contributed by atoms with Gasteiger partial charge in [0.2, 0.25) is 11.8 Å². The number of methoxy groups -OCH3 is 1. The van der Waals surface area contributed by atoms with E-state index in [1.165, 1.54) is 0 Å². The minimum absolute atomic E-state index is 0.0237. The number of hydrogen-bond acceptors (Lipinski definition) is 4. The lowest BCUT2D eigenvalue weighted by molar-refractivity contribution is -0.132. The third kappa shape index (κ3) is 6.38. The molecule has 6 heteroatoms. The second kappa shape index (κ2) is 10.0. The molecule has 0 spiro atoms. The van der Waals surface area contributed by atoms with Crippen LogP contribution in [0.1, 0.15) is 32.8 Å². The van der Waals surface area contributed by atoms with Crippen molar-refractivity contribution in [2.75, 3.05) is 44.6 Å². The summed E-state index contributed by atoms with van der Waals surface area (Å²) >= 11 is 0. The van der Waals surface area contributed by atoms with Gasteiger partial charge in [0.1, 0.15) is 0 Å². The molecule has 25 heavy (non-hydrogen) atoms. The predicted octanol–water partition coefficient (Wildman–Crippen LogP) is 2.73. The molecule has 0 aliphatic rings. The summed E-state index contributed by atoms with van der Waals surface area (Å²) in [6.07, 6.45) is 0.449. The smallest absolute Gasteiger partial charge is 0.226 e. The van der Waals surface area contributed by atoms with Gasteiger partial charge in [-0.05, 0) is 23.8 Å². The van der Waals surface area contributed by atoms with Crippen molar-refractivity contribution in [3.8, 4) is 0 Å². The van der Waals surface area contributed by atoms with Gasteiger partial charge >= 0.3 is 0 Å². The van der Waals surface area contributed by atoms with Crippen molar-refractivity contribution in [1.82, 2.24) is 4.90 Å². The first-order chi connectivity index (χ1) is 11.8. The standard InChI is InChI=1S/C19H31N3O3/c1-7-18(23)22(10-11-25-6)13-15-12-16(20-19(24)14(2)3)8-9-17(15)21(4)5/h8-9,12,14H,7,10-11,13H2,1-6H3,(H,20,24). The Balaban J connectivity index is 3.10. The molecular weight excluding hydrogens is 318 g/mol. The van der Waals surface area contributed by atoms with Gasteiger partial charge in [-0.15, -0.1) is 0 Å². The number of ether oxygens (including phenoxy) is 1. The Kier molecular flexibility index (Phi) is 8.41. The zero-order valence-corrected chi connectivity index (χ0v) is 16.3. The van der Waals surface area contributed by atoms with E-state index in [0.717, 1.165) is 16.9 Å². The Morgan fingerprint density at radius 1 is 1.24 bits per heavy atom. The molecule has 0 saturated carbocycles. The summed E-state index contributed by atoms with van der Waals surface area (Å²) in [6, 6.07) is 5.80. The van der Waals surface area contributed by atoms with Crippen LogP contribution < -0.4 is 10.2 Å². The Bertz CT molecular complexity index is 585. The van der Waals surface area contributed by atoms with Crippen LogP contribution in [0, 0.1) is 5.92 Å². The van der Waals surface area contributed by atoms with E-state index in [-0.39, 0.29) is 17.7 Å². The van der Waals surface area contributed by atoms with Gasteiger partial charge in [0.05, 0.1) is 6.61 Å². The molecule has 2 amide bonds. The number of carbonyl (C=O) groups is 2. The molecule has 0 aromatic heterocycles. The van der Waals surface area contributed by atoms with E-state index in [9.17, 15) is 9.59 Å². The Hall–Kier alpha value is -2.08. The number of rotatable bonds is 9. The summed E-state index contributed by atoms with van der Waals surface area (Å²) in [7, 11) is 5.56. The zero-order chi connectivity index (χ0) is 19.0. The second-order valence-corrected chi connectivity index (χ2v) is 6.54. The molecule has 0 unspecified atom stereocenters. The van der Waals surface area contributed by atoms with Crippen LogP contribution in [0.25, 0.3) is 0 Å². The molecule has 0 saturated heterocycles. The highest BCUT2D eigenvalue weighted by molar-refractivity contribution is 5.92. The van der Waals surface area contributed by atoms with Crippen LogP contribution in [0.4, 0.5) is 11.4 Å². The molecule has 0 radical (unpaired) electrons. The largest absolute Gasteiger partial charge is 0.383 e. The van der Waals surface area contributed by atoms with Crippen molar-refractivity contribution in [2.24, 2.45) is 5.92 Å². The summed E-state index contributed by atoms with van der Waals surface area (Å²) in [4.78, 5) is 28.0. The van der Waals surface area contributed by atoms with Gasteiger partial charge in [0, 0.05) is 58.0 Å². The lowest BCUT2D eigenvalue weighted by atomic mass is 10.1. The number of nitrogens with one attached hydrogen (secondary N) is 1. The fraction of sp³-hybridized carbons (Fsp3) is 0.579. The van der Waals surface area contributed by atoms with Gasteiger partial charge in [-0.1, -0.05) is 20.8 Å². The van der Waals surface area contributed by atoms with E-state index in [0.29, 0.717) is 26.1 Å². The maximum atomic E-state index is 12.2. The molecule has 0 aliphatic carbocycles. The third-order valence-corrected chi connectivity index (χ3v) is 3.93. The van der Waals surface area contributed by atoms with Crippen LogP contribution in [0.5, 0.6) is 0 Å². The maximum absolute atomic E-state index is 12.2. The van der Waals surface area contributed by atoms with Crippen molar-refractivity contribution in [3.05, 3.63) is 23.8 Å². The molecule has 0 atom stereocenters. The minimum atomic E-state index is -0.0863. The minimum Gasteiger partial charge on any atom is -0.383 e. The highest BCUT2D eigenvalue weighted by atomic mass is 16.5. The predicted molar refractivity (Wildman–Crippen MR) is 102 cm³/mol. The molecule has 0 fully saturated rings. The molecular formula is C19H31N3O3. The highest BCUT2D eigenvalue weighted by Gasteiger charge is 2.16. The lowest BCUT2D eigenvalue weighted by Gasteiger charge is -2.26. The number of benzene rings is 1. The fourth-order valence-electron chi connectivity index (χ4n) is 2.44. The van der Waals surface area contributed by atoms with E-state index in [2.05, 4.69) is 5.32 Å². The van der Waals surface area contributed by atoms with Crippen molar-refractivity contribution >= 4 is 23.2 Å². The van der Waals surface area contributed by atoms with Gasteiger partial charge < -0.3 is 19.9 Å². The van der Waals surface area contributed by atoms with E-state index in [4.69, 9.17) is 4.74 Å². The van der Waals surface area contributed by atoms with Crippen LogP contribution in [-0.4, -0.2) is 51.1 Å². The van der Waals surface area contributed by atoms with Crippen molar-refractivity contribution < 1.29 is 14.3 Å². The number of anilines is 2. The van der Waals surface area contributed by atoms with Gasteiger partial charge in [-0.2, -0.15) is 0 Å². The first-order valence-corrected chi connectivity index (χ1v) is 8.67. The molecule has 0 bridgehead atoms. The van der Waals surface area contributed by atoms with Crippen molar-refractivity contribution in [3.63, 3.8) is 0 Å². The summed E-state index contributed by atoms with van der Waals surface area (Å²) < 4.78 is 5.12. The SMILES string of the molecule is CCC(=O)N(CCOC)Cc1cc(NC(=O)C(C)C)ccc1N(C)C. The second-order valence-electron chi connectivity index (χ2n) is 6.54. The van der Waals surface area contributed by atoms with E-state index in [1.807, 2.05) is 58.0 Å². The van der Waals surface area contributed by atoms with E-state index >= 15 is 0 Å². The maximum Gasteiger partial charge on any atom is 0.226 e. The van der Waals surface area contributed by atoms with Gasteiger partial charge in [0.25, 0.3) is 0 Å². The quantitative estimate of drug-likeness (QED) is 0.745. The van der Waals surface area contributed by atoms with Crippen molar-refractivity contribution in [2.45, 2.75) is 33.7 Å². The van der Waals surface area contributed by atoms with Gasteiger partial charge in [0.15, 0.2) is 0 Å². The topological polar surface area (TPSA) is 61.9 Å². The number of hydrogen-bond donors (Lipinski definition) is 1. The van der Waals surface area contributed by atoms with Gasteiger partial charge in [-0.3, -0.25) is 9.59 Å². The highest BCUT2D eigenvalue weighted by Crippen LogP contribution is 2.25. The lowest BCUT2D eigenvalue weighted by Crippen LogP contribution is -2.33. The molecule has 1 aromatic rings. The first kappa shape index (κ1) is 21.0.